The first-order valence-corrected chi connectivity index (χ1v) is 6.41. The third-order valence-electron chi connectivity index (χ3n) is 2.58. The molecule has 0 aliphatic carbocycles. The highest BCUT2D eigenvalue weighted by Gasteiger charge is 2.01. The number of ether oxygens (including phenoxy) is 1. The molecule has 2 aromatic carbocycles. The van der Waals surface area contributed by atoms with Crippen LogP contribution >= 0.6 is 0 Å². The average molecular weight is 268 g/mol. The van der Waals surface area contributed by atoms with E-state index in [9.17, 15) is 4.79 Å². The predicted octanol–water partition coefficient (Wildman–Crippen LogP) is 2.85. The number of hydrogen-bond donors (Lipinski definition) is 1. The molecule has 0 unspecified atom stereocenters. The van der Waals surface area contributed by atoms with Crippen molar-refractivity contribution in [2.24, 2.45) is 5.10 Å². The number of rotatable bonds is 5. The van der Waals surface area contributed by atoms with E-state index in [0.29, 0.717) is 12.2 Å². The van der Waals surface area contributed by atoms with Gasteiger partial charge in [-0.2, -0.15) is 5.10 Å². The second-order valence-electron chi connectivity index (χ2n) is 4.07. The molecule has 4 nitrogen and oxygen atoms in total. The maximum atomic E-state index is 11.8. The standard InChI is InChI=1S/C16H16N2O2/c1-2-20-15-10-6-7-13(11-15)12-17-18-16(19)14-8-4-3-5-9-14/h3-12H,2H2,1H3,(H,18,19)/b17-12+. The van der Waals surface area contributed by atoms with Gasteiger partial charge in [0, 0.05) is 5.56 Å². The minimum absolute atomic E-state index is 0.234. The van der Waals surface area contributed by atoms with Crippen molar-refractivity contribution in [3.05, 3.63) is 65.7 Å². The number of hydrogen-bond acceptors (Lipinski definition) is 3. The van der Waals surface area contributed by atoms with Crippen molar-refractivity contribution >= 4 is 12.1 Å². The zero-order valence-electron chi connectivity index (χ0n) is 11.2. The quantitative estimate of drug-likeness (QED) is 0.669. The lowest BCUT2D eigenvalue weighted by atomic mass is 10.2. The normalized spacial score (nSPS) is 10.4. The van der Waals surface area contributed by atoms with Crippen molar-refractivity contribution in [2.75, 3.05) is 6.61 Å². The van der Waals surface area contributed by atoms with E-state index in [1.54, 1.807) is 18.3 Å². The molecule has 0 saturated carbocycles. The topological polar surface area (TPSA) is 50.7 Å². The molecular formula is C16H16N2O2. The van der Waals surface area contributed by atoms with Gasteiger partial charge in [-0.05, 0) is 36.8 Å². The van der Waals surface area contributed by atoms with E-state index in [1.165, 1.54) is 0 Å². The molecule has 1 amide bonds. The maximum absolute atomic E-state index is 11.8. The Bertz CT molecular complexity index is 594. The average Bonchev–Trinajstić information content (AvgIpc) is 2.49. The number of carbonyl (C=O) groups excluding carboxylic acids is 1. The van der Waals surface area contributed by atoms with Crippen LogP contribution in [0.3, 0.4) is 0 Å². The molecule has 0 aliphatic rings. The summed E-state index contributed by atoms with van der Waals surface area (Å²) in [6.45, 7) is 2.55. The third kappa shape index (κ3) is 3.95. The molecule has 20 heavy (non-hydrogen) atoms. The Kier molecular flexibility index (Phi) is 4.89. The van der Waals surface area contributed by atoms with E-state index in [0.717, 1.165) is 11.3 Å². The van der Waals surface area contributed by atoms with Gasteiger partial charge in [-0.1, -0.05) is 30.3 Å². The van der Waals surface area contributed by atoms with Crippen LogP contribution < -0.4 is 10.2 Å². The van der Waals surface area contributed by atoms with Crippen molar-refractivity contribution < 1.29 is 9.53 Å². The molecular weight excluding hydrogens is 252 g/mol. The number of nitrogens with zero attached hydrogens (tertiary/aromatic N) is 1. The summed E-state index contributed by atoms with van der Waals surface area (Å²) in [5, 5.41) is 3.94. The third-order valence-corrected chi connectivity index (χ3v) is 2.58. The molecule has 0 atom stereocenters. The molecule has 2 aromatic rings. The molecule has 0 radical (unpaired) electrons. The van der Waals surface area contributed by atoms with Crippen LogP contribution in [0.4, 0.5) is 0 Å². The van der Waals surface area contributed by atoms with Gasteiger partial charge in [0.25, 0.3) is 5.91 Å². The molecule has 0 heterocycles. The lowest BCUT2D eigenvalue weighted by molar-refractivity contribution is 0.0955. The van der Waals surface area contributed by atoms with Gasteiger partial charge < -0.3 is 4.74 Å². The van der Waals surface area contributed by atoms with Gasteiger partial charge in [0.15, 0.2) is 0 Å². The summed E-state index contributed by atoms with van der Waals surface area (Å²) in [5.41, 5.74) is 3.93. The molecule has 0 fully saturated rings. The Balaban J connectivity index is 1.96. The first kappa shape index (κ1) is 13.8. The smallest absolute Gasteiger partial charge is 0.271 e. The van der Waals surface area contributed by atoms with Crippen molar-refractivity contribution in [2.45, 2.75) is 6.92 Å². The van der Waals surface area contributed by atoms with Gasteiger partial charge in [0.05, 0.1) is 12.8 Å². The molecule has 1 N–H and O–H groups in total. The highest BCUT2D eigenvalue weighted by Crippen LogP contribution is 2.11. The minimum Gasteiger partial charge on any atom is -0.494 e. The zero-order valence-corrected chi connectivity index (χ0v) is 11.2. The van der Waals surface area contributed by atoms with Crippen molar-refractivity contribution in [3.8, 4) is 5.75 Å². The van der Waals surface area contributed by atoms with Crippen LogP contribution in [0.25, 0.3) is 0 Å². The van der Waals surface area contributed by atoms with Crippen molar-refractivity contribution in [3.63, 3.8) is 0 Å². The van der Waals surface area contributed by atoms with Crippen molar-refractivity contribution in [1.29, 1.82) is 0 Å². The van der Waals surface area contributed by atoms with Gasteiger partial charge in [0.2, 0.25) is 0 Å². The van der Waals surface area contributed by atoms with E-state index >= 15 is 0 Å². The monoisotopic (exact) mass is 268 g/mol. The first-order chi connectivity index (χ1) is 9.79. The van der Waals surface area contributed by atoms with Gasteiger partial charge in [-0.25, -0.2) is 5.43 Å². The summed E-state index contributed by atoms with van der Waals surface area (Å²) in [7, 11) is 0. The molecule has 0 aliphatic heterocycles. The fourth-order valence-electron chi connectivity index (χ4n) is 1.67. The molecule has 0 aromatic heterocycles. The molecule has 0 bridgehead atoms. The predicted molar refractivity (Wildman–Crippen MR) is 79.1 cm³/mol. The summed E-state index contributed by atoms with van der Waals surface area (Å²) in [5.74, 6) is 0.550. The van der Waals surface area contributed by atoms with Gasteiger partial charge >= 0.3 is 0 Å². The maximum Gasteiger partial charge on any atom is 0.271 e. The Morgan fingerprint density at radius 1 is 1.20 bits per heavy atom. The number of hydrazone groups is 1. The Hall–Kier alpha value is -2.62. The Labute approximate surface area is 118 Å². The summed E-state index contributed by atoms with van der Waals surface area (Å²) >= 11 is 0. The Morgan fingerprint density at radius 2 is 2.00 bits per heavy atom. The Morgan fingerprint density at radius 3 is 2.75 bits per heavy atom. The van der Waals surface area contributed by atoms with Crippen LogP contribution in [0.1, 0.15) is 22.8 Å². The summed E-state index contributed by atoms with van der Waals surface area (Å²) < 4.78 is 5.39. The SMILES string of the molecule is CCOc1cccc(/C=N/NC(=O)c2ccccc2)c1. The summed E-state index contributed by atoms with van der Waals surface area (Å²) in [6.07, 6.45) is 1.59. The number of benzene rings is 2. The van der Waals surface area contributed by atoms with Gasteiger partial charge in [0.1, 0.15) is 5.75 Å². The first-order valence-electron chi connectivity index (χ1n) is 6.41. The molecule has 0 saturated heterocycles. The van der Waals surface area contributed by atoms with E-state index in [1.807, 2.05) is 49.4 Å². The van der Waals surface area contributed by atoms with E-state index in [-0.39, 0.29) is 5.91 Å². The van der Waals surface area contributed by atoms with E-state index in [2.05, 4.69) is 10.5 Å². The van der Waals surface area contributed by atoms with Crippen LogP contribution in [0.5, 0.6) is 5.75 Å². The lowest BCUT2D eigenvalue weighted by Crippen LogP contribution is -2.17. The second-order valence-corrected chi connectivity index (χ2v) is 4.07. The van der Waals surface area contributed by atoms with Crippen LogP contribution in [0.15, 0.2) is 59.7 Å². The van der Waals surface area contributed by atoms with Crippen molar-refractivity contribution in [1.82, 2.24) is 5.43 Å². The van der Waals surface area contributed by atoms with Gasteiger partial charge in [-0.3, -0.25) is 4.79 Å². The zero-order chi connectivity index (χ0) is 14.2. The second kappa shape index (κ2) is 7.09. The minimum atomic E-state index is -0.234. The summed E-state index contributed by atoms with van der Waals surface area (Å²) in [6, 6.07) is 16.5. The fraction of sp³-hybridized carbons (Fsp3) is 0.125. The van der Waals surface area contributed by atoms with Gasteiger partial charge in [-0.15, -0.1) is 0 Å². The lowest BCUT2D eigenvalue weighted by Gasteiger charge is -2.03. The van der Waals surface area contributed by atoms with Crippen LogP contribution in [0, 0.1) is 0 Å². The fourth-order valence-corrected chi connectivity index (χ4v) is 1.67. The highest BCUT2D eigenvalue weighted by molar-refractivity contribution is 5.94. The van der Waals surface area contributed by atoms with Crippen LogP contribution in [0.2, 0.25) is 0 Å². The largest absolute Gasteiger partial charge is 0.494 e. The molecule has 4 heteroatoms. The highest BCUT2D eigenvalue weighted by atomic mass is 16.5. The van der Waals surface area contributed by atoms with Crippen LogP contribution in [-0.2, 0) is 0 Å². The number of carbonyl (C=O) groups is 1. The molecule has 0 spiro atoms. The summed E-state index contributed by atoms with van der Waals surface area (Å²) in [4.78, 5) is 11.8. The molecule has 102 valence electrons. The van der Waals surface area contributed by atoms with E-state index < -0.39 is 0 Å². The van der Waals surface area contributed by atoms with E-state index in [4.69, 9.17) is 4.74 Å². The number of nitrogens with one attached hydrogen (secondary N) is 1. The molecule has 2 rings (SSSR count). The number of amides is 1. The van der Waals surface area contributed by atoms with Crippen LogP contribution in [-0.4, -0.2) is 18.7 Å².